The van der Waals surface area contributed by atoms with E-state index in [1.807, 2.05) is 0 Å². The summed E-state index contributed by atoms with van der Waals surface area (Å²) in [4.78, 5) is 20.7. The van der Waals surface area contributed by atoms with Crippen LogP contribution in [-0.2, 0) is 9.59 Å². The largest absolute Gasteiger partial charge is 0.370 e. The number of unbranched alkanes of at least 4 members (excludes halogenated alkanes) is 1. The summed E-state index contributed by atoms with van der Waals surface area (Å²) in [5.41, 5.74) is 15.2. The lowest BCUT2D eigenvalue weighted by molar-refractivity contribution is -0.119. The zero-order valence-electron chi connectivity index (χ0n) is 6.95. The molecule has 70 valence electrons. The first-order chi connectivity index (χ1) is 5.54. The Balaban J connectivity index is 3.31. The molecule has 0 rings (SSSR count). The van der Waals surface area contributed by atoms with Gasteiger partial charge in [-0.05, 0) is 12.8 Å². The summed E-state index contributed by atoms with van der Waals surface area (Å²) in [6, 6.07) is -0.599. The molecule has 0 aliphatic heterocycles. The van der Waals surface area contributed by atoms with Gasteiger partial charge in [0.15, 0.2) is 0 Å². The Bertz CT molecular complexity index is 170. The predicted octanol–water partition coefficient (Wildman–Crippen LogP) is -1.16. The number of amides is 2. The van der Waals surface area contributed by atoms with Crippen molar-refractivity contribution in [2.24, 2.45) is 17.2 Å². The van der Waals surface area contributed by atoms with Crippen LogP contribution in [0.5, 0.6) is 0 Å². The Hall–Kier alpha value is -1.10. The van der Waals surface area contributed by atoms with E-state index in [-0.39, 0.29) is 5.91 Å². The zero-order valence-corrected chi connectivity index (χ0v) is 6.95. The number of hydrogen-bond donors (Lipinski definition) is 3. The van der Waals surface area contributed by atoms with Crippen molar-refractivity contribution < 1.29 is 9.59 Å². The van der Waals surface area contributed by atoms with E-state index in [9.17, 15) is 9.59 Å². The normalized spacial score (nSPS) is 12.4. The molecule has 1 unspecified atom stereocenters. The van der Waals surface area contributed by atoms with Crippen molar-refractivity contribution in [3.05, 3.63) is 0 Å². The quantitative estimate of drug-likeness (QED) is 0.440. The second kappa shape index (κ2) is 5.54. The van der Waals surface area contributed by atoms with Crippen molar-refractivity contribution in [3.8, 4) is 0 Å². The third kappa shape index (κ3) is 5.67. The molecule has 1 atom stereocenters. The lowest BCUT2D eigenvalue weighted by atomic mass is 10.1. The van der Waals surface area contributed by atoms with Crippen LogP contribution in [0.2, 0.25) is 0 Å². The molecule has 12 heavy (non-hydrogen) atoms. The molecule has 0 radical (unpaired) electrons. The van der Waals surface area contributed by atoms with Gasteiger partial charge in [-0.15, -0.1) is 0 Å². The summed E-state index contributed by atoms with van der Waals surface area (Å²) in [6.07, 6.45) is 2.22. The van der Waals surface area contributed by atoms with Gasteiger partial charge in [0.1, 0.15) is 0 Å². The van der Waals surface area contributed by atoms with Crippen molar-refractivity contribution in [3.63, 3.8) is 0 Å². The van der Waals surface area contributed by atoms with Crippen molar-refractivity contribution >= 4 is 11.8 Å². The minimum absolute atomic E-state index is 0.331. The topological polar surface area (TPSA) is 112 Å². The highest BCUT2D eigenvalue weighted by Gasteiger charge is 2.07. The Kier molecular flexibility index (Phi) is 5.03. The Morgan fingerprint density at radius 2 is 1.75 bits per heavy atom. The third-order valence-corrected chi connectivity index (χ3v) is 1.55. The van der Waals surface area contributed by atoms with Gasteiger partial charge in [0.25, 0.3) is 0 Å². The Morgan fingerprint density at radius 1 is 1.17 bits per heavy atom. The van der Waals surface area contributed by atoms with Crippen LogP contribution >= 0.6 is 0 Å². The minimum Gasteiger partial charge on any atom is -0.370 e. The predicted molar refractivity (Wildman–Crippen MR) is 44.8 cm³/mol. The summed E-state index contributed by atoms with van der Waals surface area (Å²) in [7, 11) is 0. The molecule has 0 aliphatic rings. The smallest absolute Gasteiger partial charge is 0.234 e. The van der Waals surface area contributed by atoms with Gasteiger partial charge in [-0.2, -0.15) is 0 Å². The molecule has 0 spiro atoms. The van der Waals surface area contributed by atoms with Crippen molar-refractivity contribution in [2.75, 3.05) is 0 Å². The standard InChI is InChI=1S/C7H15N3O2/c8-5(7(10)12)3-1-2-4-6(9)11/h5H,1-4,8H2,(H2,9,11)(H2,10,12). The fraction of sp³-hybridized carbons (Fsp3) is 0.714. The van der Waals surface area contributed by atoms with E-state index in [1.54, 1.807) is 0 Å². The average Bonchev–Trinajstić information content (AvgIpc) is 1.97. The summed E-state index contributed by atoms with van der Waals surface area (Å²) >= 11 is 0. The first-order valence-corrected chi connectivity index (χ1v) is 3.87. The first-order valence-electron chi connectivity index (χ1n) is 3.87. The molecule has 0 saturated carbocycles. The first kappa shape index (κ1) is 10.9. The minimum atomic E-state index is -0.599. The molecular formula is C7H15N3O2. The second-order valence-electron chi connectivity index (χ2n) is 2.72. The van der Waals surface area contributed by atoms with Crippen LogP contribution in [0.15, 0.2) is 0 Å². The maximum atomic E-state index is 10.4. The van der Waals surface area contributed by atoms with Gasteiger partial charge >= 0.3 is 0 Å². The van der Waals surface area contributed by atoms with Crippen LogP contribution in [0.25, 0.3) is 0 Å². The molecule has 0 aromatic rings. The molecule has 0 saturated heterocycles. The van der Waals surface area contributed by atoms with Crippen LogP contribution in [0.3, 0.4) is 0 Å². The fourth-order valence-corrected chi connectivity index (χ4v) is 0.806. The molecule has 0 aliphatic carbocycles. The number of carbonyl (C=O) groups is 2. The van der Waals surface area contributed by atoms with E-state index >= 15 is 0 Å². The number of rotatable bonds is 6. The van der Waals surface area contributed by atoms with Crippen LogP contribution in [0, 0.1) is 0 Å². The third-order valence-electron chi connectivity index (χ3n) is 1.55. The fourth-order valence-electron chi connectivity index (χ4n) is 0.806. The number of nitrogens with two attached hydrogens (primary N) is 3. The number of carbonyl (C=O) groups excluding carboxylic acids is 2. The average molecular weight is 173 g/mol. The molecule has 0 aromatic carbocycles. The van der Waals surface area contributed by atoms with Crippen molar-refractivity contribution in [1.29, 1.82) is 0 Å². The van der Waals surface area contributed by atoms with Gasteiger partial charge in [-0.1, -0.05) is 6.42 Å². The van der Waals surface area contributed by atoms with Gasteiger partial charge in [0, 0.05) is 6.42 Å². The monoisotopic (exact) mass is 173 g/mol. The zero-order chi connectivity index (χ0) is 9.56. The number of hydrogen-bond acceptors (Lipinski definition) is 3. The Morgan fingerprint density at radius 3 is 2.17 bits per heavy atom. The second-order valence-corrected chi connectivity index (χ2v) is 2.72. The van der Waals surface area contributed by atoms with Crippen LogP contribution in [0.1, 0.15) is 25.7 Å². The highest BCUT2D eigenvalue weighted by atomic mass is 16.1. The van der Waals surface area contributed by atoms with Gasteiger partial charge in [-0.25, -0.2) is 0 Å². The molecule has 0 bridgehead atoms. The molecule has 5 heteroatoms. The Labute approximate surface area is 71.3 Å². The lowest BCUT2D eigenvalue weighted by Crippen LogP contribution is -2.36. The van der Waals surface area contributed by atoms with Crippen molar-refractivity contribution in [2.45, 2.75) is 31.7 Å². The van der Waals surface area contributed by atoms with E-state index in [1.165, 1.54) is 0 Å². The van der Waals surface area contributed by atoms with Gasteiger partial charge < -0.3 is 17.2 Å². The summed E-state index contributed by atoms with van der Waals surface area (Å²) in [5, 5.41) is 0. The molecule has 5 nitrogen and oxygen atoms in total. The number of primary amides is 2. The summed E-state index contributed by atoms with van der Waals surface area (Å²) < 4.78 is 0. The van der Waals surface area contributed by atoms with E-state index in [0.717, 1.165) is 0 Å². The maximum Gasteiger partial charge on any atom is 0.234 e. The maximum absolute atomic E-state index is 10.4. The molecule has 0 fully saturated rings. The van der Waals surface area contributed by atoms with Crippen LogP contribution < -0.4 is 17.2 Å². The van der Waals surface area contributed by atoms with Crippen LogP contribution in [-0.4, -0.2) is 17.9 Å². The van der Waals surface area contributed by atoms with E-state index in [2.05, 4.69) is 0 Å². The van der Waals surface area contributed by atoms with E-state index in [0.29, 0.717) is 25.7 Å². The highest BCUT2D eigenvalue weighted by molar-refractivity contribution is 5.79. The van der Waals surface area contributed by atoms with E-state index in [4.69, 9.17) is 17.2 Å². The molecule has 0 aromatic heterocycles. The van der Waals surface area contributed by atoms with Crippen LogP contribution in [0.4, 0.5) is 0 Å². The van der Waals surface area contributed by atoms with E-state index < -0.39 is 11.9 Å². The van der Waals surface area contributed by atoms with Gasteiger partial charge in [0.2, 0.25) is 11.8 Å². The van der Waals surface area contributed by atoms with Gasteiger partial charge in [-0.3, -0.25) is 9.59 Å². The molecule has 6 N–H and O–H groups in total. The molecule has 0 heterocycles. The lowest BCUT2D eigenvalue weighted by Gasteiger charge is -2.05. The summed E-state index contributed by atoms with van der Waals surface area (Å²) in [6.45, 7) is 0. The summed E-state index contributed by atoms with van der Waals surface area (Å²) in [5.74, 6) is -0.836. The molecule has 2 amide bonds. The van der Waals surface area contributed by atoms with Crippen molar-refractivity contribution in [1.82, 2.24) is 0 Å². The molecular weight excluding hydrogens is 158 g/mol. The van der Waals surface area contributed by atoms with Gasteiger partial charge in [0.05, 0.1) is 6.04 Å². The highest BCUT2D eigenvalue weighted by Crippen LogP contribution is 2.01. The SMILES string of the molecule is NC(=O)CCCCC(N)C(N)=O.